The Kier molecular flexibility index (Phi) is 2.84. The Balaban J connectivity index is 1.97. The lowest BCUT2D eigenvalue weighted by Crippen LogP contribution is -2.58. The normalized spacial score (nSPS) is 22.4. The Bertz CT molecular complexity index is 675. The monoisotopic (exact) mass is 291 g/mol. The lowest BCUT2D eigenvalue weighted by molar-refractivity contribution is 0.0115. The molecule has 0 amide bonds. The first kappa shape index (κ1) is 13.4. The number of sulfone groups is 1. The van der Waals surface area contributed by atoms with Gasteiger partial charge < -0.3 is 4.74 Å². The molecule has 4 nitrogen and oxygen atoms in total. The van der Waals surface area contributed by atoms with Gasteiger partial charge in [-0.15, -0.1) is 0 Å². The zero-order valence-corrected chi connectivity index (χ0v) is 12.2. The van der Waals surface area contributed by atoms with Gasteiger partial charge >= 0.3 is 0 Å². The van der Waals surface area contributed by atoms with Gasteiger partial charge in [0.15, 0.2) is 14.6 Å². The smallest absolute Gasteiger partial charge is 0.197 e. The van der Waals surface area contributed by atoms with Gasteiger partial charge in [0.1, 0.15) is 5.75 Å². The average molecular weight is 291 g/mol. The Morgan fingerprint density at radius 2 is 2.00 bits per heavy atom. The number of ether oxygens (including phenoxy) is 1. The summed E-state index contributed by atoms with van der Waals surface area (Å²) in [6.07, 6.45) is 4.24. The van der Waals surface area contributed by atoms with Crippen LogP contribution in [0, 0.1) is 16.7 Å². The van der Waals surface area contributed by atoms with Crippen LogP contribution in [0.15, 0.2) is 29.2 Å². The maximum absolute atomic E-state index is 12.8. The van der Waals surface area contributed by atoms with Crippen molar-refractivity contribution in [3.8, 4) is 11.8 Å². The maximum atomic E-state index is 12.8. The molecule has 0 atom stereocenters. The number of hydrogen-bond acceptors (Lipinski definition) is 4. The number of hydrogen-bond donors (Lipinski definition) is 0. The predicted octanol–water partition coefficient (Wildman–Crippen LogP) is 2.70. The van der Waals surface area contributed by atoms with E-state index < -0.39 is 14.6 Å². The van der Waals surface area contributed by atoms with Crippen LogP contribution in [0.5, 0.6) is 5.75 Å². The first-order valence-electron chi connectivity index (χ1n) is 6.77. The van der Waals surface area contributed by atoms with Crippen LogP contribution in [0.4, 0.5) is 0 Å². The molecule has 2 aliphatic rings. The van der Waals surface area contributed by atoms with E-state index in [1.807, 2.05) is 0 Å². The predicted molar refractivity (Wildman–Crippen MR) is 74.0 cm³/mol. The van der Waals surface area contributed by atoms with Crippen LogP contribution in [0.25, 0.3) is 0 Å². The summed E-state index contributed by atoms with van der Waals surface area (Å²) in [6, 6.07) is 8.48. The molecular formula is C15H17NO3S. The van der Waals surface area contributed by atoms with Gasteiger partial charge in [0.2, 0.25) is 0 Å². The molecule has 0 bridgehead atoms. The minimum absolute atomic E-state index is 0.127. The van der Waals surface area contributed by atoms with Crippen LogP contribution in [0.3, 0.4) is 0 Å². The molecule has 1 spiro atoms. The van der Waals surface area contributed by atoms with Crippen molar-refractivity contribution in [2.24, 2.45) is 5.41 Å². The topological polar surface area (TPSA) is 67.2 Å². The van der Waals surface area contributed by atoms with Crippen LogP contribution in [-0.2, 0) is 9.84 Å². The Morgan fingerprint density at radius 1 is 1.30 bits per heavy atom. The molecule has 106 valence electrons. The van der Waals surface area contributed by atoms with Gasteiger partial charge in [0.05, 0.1) is 18.1 Å². The summed E-state index contributed by atoms with van der Waals surface area (Å²) in [5.74, 6) is 0.497. The summed E-state index contributed by atoms with van der Waals surface area (Å²) in [6.45, 7) is 0. The van der Waals surface area contributed by atoms with Crippen molar-refractivity contribution in [3.63, 3.8) is 0 Å². The van der Waals surface area contributed by atoms with Crippen LogP contribution < -0.4 is 4.74 Å². The highest BCUT2D eigenvalue weighted by Gasteiger charge is 2.64. The molecule has 0 radical (unpaired) electrons. The van der Waals surface area contributed by atoms with Gasteiger partial charge in [-0.2, -0.15) is 5.26 Å². The second kappa shape index (κ2) is 4.23. The SMILES string of the molecule is COc1cccc(S(=O)(=O)C2(C#N)CC3(CCC3)C2)c1. The highest BCUT2D eigenvalue weighted by Crippen LogP contribution is 2.63. The van der Waals surface area contributed by atoms with Gasteiger partial charge in [-0.1, -0.05) is 12.5 Å². The molecule has 0 aliphatic heterocycles. The molecular weight excluding hydrogens is 274 g/mol. The molecule has 0 N–H and O–H groups in total. The van der Waals surface area contributed by atoms with Crippen molar-refractivity contribution in [2.75, 3.05) is 7.11 Å². The van der Waals surface area contributed by atoms with Crippen LogP contribution >= 0.6 is 0 Å². The van der Waals surface area contributed by atoms with Gasteiger partial charge in [0, 0.05) is 0 Å². The summed E-state index contributed by atoms with van der Waals surface area (Å²) in [4.78, 5) is 0.188. The lowest BCUT2D eigenvalue weighted by Gasteiger charge is -2.57. The third-order valence-electron chi connectivity index (χ3n) is 4.80. The highest BCUT2D eigenvalue weighted by molar-refractivity contribution is 7.93. The summed E-state index contributed by atoms with van der Waals surface area (Å²) < 4.78 is 29.4. The number of benzene rings is 1. The summed E-state index contributed by atoms with van der Waals surface area (Å²) >= 11 is 0. The van der Waals surface area contributed by atoms with E-state index in [0.29, 0.717) is 18.6 Å². The Hall–Kier alpha value is -1.54. The molecule has 1 aromatic carbocycles. The van der Waals surface area contributed by atoms with Gasteiger partial charge in [-0.05, 0) is 49.3 Å². The van der Waals surface area contributed by atoms with E-state index in [-0.39, 0.29) is 10.3 Å². The van der Waals surface area contributed by atoms with E-state index in [0.717, 1.165) is 19.3 Å². The van der Waals surface area contributed by atoms with Crippen molar-refractivity contribution in [3.05, 3.63) is 24.3 Å². The summed E-state index contributed by atoms with van der Waals surface area (Å²) in [7, 11) is -2.14. The fraction of sp³-hybridized carbons (Fsp3) is 0.533. The number of rotatable bonds is 3. The second-order valence-corrected chi connectivity index (χ2v) is 8.26. The third-order valence-corrected chi connectivity index (χ3v) is 7.09. The average Bonchev–Trinajstić information content (AvgIpc) is 2.36. The van der Waals surface area contributed by atoms with Crippen LogP contribution in [0.2, 0.25) is 0 Å². The first-order valence-corrected chi connectivity index (χ1v) is 8.25. The van der Waals surface area contributed by atoms with E-state index in [4.69, 9.17) is 4.74 Å². The maximum Gasteiger partial charge on any atom is 0.197 e. The Labute approximate surface area is 119 Å². The van der Waals surface area contributed by atoms with Gasteiger partial charge in [0.25, 0.3) is 0 Å². The fourth-order valence-corrected chi connectivity index (χ4v) is 5.61. The second-order valence-electron chi connectivity index (χ2n) is 6.00. The quantitative estimate of drug-likeness (QED) is 0.858. The molecule has 20 heavy (non-hydrogen) atoms. The molecule has 5 heteroatoms. The van der Waals surface area contributed by atoms with E-state index in [2.05, 4.69) is 6.07 Å². The number of nitriles is 1. The standard InChI is InChI=1S/C15H17NO3S/c1-19-12-4-2-5-13(8-12)20(17,18)15(11-16)9-14(10-15)6-3-7-14/h2,4-5,8H,3,6-7,9-10H2,1H3. The molecule has 2 saturated carbocycles. The third kappa shape index (κ3) is 1.68. The van der Waals surface area contributed by atoms with Crippen molar-refractivity contribution in [1.29, 1.82) is 5.26 Å². The lowest BCUT2D eigenvalue weighted by atomic mass is 9.52. The minimum Gasteiger partial charge on any atom is -0.497 e. The van der Waals surface area contributed by atoms with Crippen molar-refractivity contribution >= 4 is 9.84 Å². The highest BCUT2D eigenvalue weighted by atomic mass is 32.2. The molecule has 0 unspecified atom stereocenters. The zero-order valence-electron chi connectivity index (χ0n) is 11.4. The molecule has 0 saturated heterocycles. The van der Waals surface area contributed by atoms with Crippen molar-refractivity contribution < 1.29 is 13.2 Å². The van der Waals surface area contributed by atoms with Gasteiger partial charge in [-0.3, -0.25) is 0 Å². The molecule has 2 aliphatic carbocycles. The molecule has 0 aromatic heterocycles. The van der Waals surface area contributed by atoms with E-state index in [1.54, 1.807) is 18.2 Å². The molecule has 3 rings (SSSR count). The zero-order chi connectivity index (χ0) is 14.4. The van der Waals surface area contributed by atoms with E-state index >= 15 is 0 Å². The van der Waals surface area contributed by atoms with E-state index in [1.165, 1.54) is 13.2 Å². The fourth-order valence-electron chi connectivity index (χ4n) is 3.51. The minimum atomic E-state index is -3.63. The van der Waals surface area contributed by atoms with Crippen LogP contribution in [-0.4, -0.2) is 20.3 Å². The number of nitrogens with zero attached hydrogens (tertiary/aromatic N) is 1. The van der Waals surface area contributed by atoms with Crippen molar-refractivity contribution in [1.82, 2.24) is 0 Å². The Morgan fingerprint density at radius 3 is 2.50 bits per heavy atom. The van der Waals surface area contributed by atoms with Gasteiger partial charge in [-0.25, -0.2) is 8.42 Å². The molecule has 2 fully saturated rings. The molecule has 0 heterocycles. The van der Waals surface area contributed by atoms with Crippen molar-refractivity contribution in [2.45, 2.75) is 41.7 Å². The summed E-state index contributed by atoms with van der Waals surface area (Å²) in [5, 5.41) is 9.45. The van der Waals surface area contributed by atoms with Crippen LogP contribution in [0.1, 0.15) is 32.1 Å². The van der Waals surface area contributed by atoms with E-state index in [9.17, 15) is 13.7 Å². The number of methoxy groups -OCH3 is 1. The largest absolute Gasteiger partial charge is 0.497 e. The molecule has 1 aromatic rings. The summed E-state index contributed by atoms with van der Waals surface area (Å²) in [5.41, 5.74) is 0.127. The first-order chi connectivity index (χ1) is 9.47.